The third kappa shape index (κ3) is 1.94. The molecule has 0 aromatic heterocycles. The molecule has 0 bridgehead atoms. The Labute approximate surface area is 116 Å². The second-order valence-corrected chi connectivity index (χ2v) is 6.49. The Morgan fingerprint density at radius 1 is 1.33 bits per heavy atom. The Hall–Kier alpha value is -0.670. The summed E-state index contributed by atoms with van der Waals surface area (Å²) in [7, 11) is 1.70. The highest BCUT2D eigenvalue weighted by atomic mass is 79.9. The molecule has 3 rings (SSSR count). The van der Waals surface area contributed by atoms with E-state index in [9.17, 15) is 4.79 Å². The third-order valence-corrected chi connectivity index (χ3v) is 5.00. The summed E-state index contributed by atoms with van der Waals surface area (Å²) < 4.78 is 6.44. The molecule has 0 aliphatic heterocycles. The van der Waals surface area contributed by atoms with Crippen molar-refractivity contribution in [2.24, 2.45) is 5.41 Å². The Bertz CT molecular complexity index is 497. The Kier molecular flexibility index (Phi) is 3.07. The van der Waals surface area contributed by atoms with Crippen molar-refractivity contribution < 1.29 is 9.53 Å². The molecule has 0 N–H and O–H groups in total. The van der Waals surface area contributed by atoms with Crippen molar-refractivity contribution >= 4 is 21.7 Å². The number of ether oxygens (including phenoxy) is 1. The lowest BCUT2D eigenvalue weighted by Gasteiger charge is -2.35. The van der Waals surface area contributed by atoms with Gasteiger partial charge in [-0.15, -0.1) is 0 Å². The fraction of sp³-hybridized carbons (Fsp3) is 0.533. The van der Waals surface area contributed by atoms with Crippen LogP contribution in [-0.2, 0) is 22.4 Å². The molecule has 1 aromatic carbocycles. The number of hydrogen-bond donors (Lipinski definition) is 0. The minimum Gasteiger partial charge on any atom is -0.381 e. The second-order valence-electron chi connectivity index (χ2n) is 5.57. The van der Waals surface area contributed by atoms with Crippen LogP contribution < -0.4 is 0 Å². The normalized spacial score (nSPS) is 30.8. The summed E-state index contributed by atoms with van der Waals surface area (Å²) in [6, 6.07) is 6.40. The van der Waals surface area contributed by atoms with Gasteiger partial charge >= 0.3 is 0 Å². The monoisotopic (exact) mass is 308 g/mol. The fourth-order valence-electron chi connectivity index (χ4n) is 3.40. The van der Waals surface area contributed by atoms with Crippen molar-refractivity contribution in [3.8, 4) is 0 Å². The van der Waals surface area contributed by atoms with Crippen LogP contribution in [0.3, 0.4) is 0 Å². The van der Waals surface area contributed by atoms with Gasteiger partial charge in [-0.3, -0.25) is 4.79 Å². The fourth-order valence-corrected chi connectivity index (χ4v) is 3.81. The summed E-state index contributed by atoms with van der Waals surface area (Å²) >= 11 is 3.51. The van der Waals surface area contributed by atoms with Gasteiger partial charge in [0.25, 0.3) is 0 Å². The highest BCUT2D eigenvalue weighted by Crippen LogP contribution is 2.46. The van der Waals surface area contributed by atoms with Crippen LogP contribution in [0.2, 0.25) is 0 Å². The van der Waals surface area contributed by atoms with Crippen LogP contribution in [-0.4, -0.2) is 19.0 Å². The first-order valence-corrected chi connectivity index (χ1v) is 7.26. The molecule has 0 saturated heterocycles. The van der Waals surface area contributed by atoms with E-state index in [0.717, 1.165) is 30.2 Å². The van der Waals surface area contributed by atoms with Crippen LogP contribution in [0.15, 0.2) is 22.7 Å². The van der Waals surface area contributed by atoms with Gasteiger partial charge in [0.2, 0.25) is 0 Å². The van der Waals surface area contributed by atoms with E-state index in [4.69, 9.17) is 4.74 Å². The largest absolute Gasteiger partial charge is 0.381 e. The van der Waals surface area contributed by atoms with Crippen LogP contribution in [0.1, 0.15) is 30.4 Å². The number of rotatable bonds is 1. The zero-order chi connectivity index (χ0) is 12.8. The molecule has 2 unspecified atom stereocenters. The van der Waals surface area contributed by atoms with Crippen LogP contribution in [0.25, 0.3) is 0 Å². The SMILES string of the molecule is COC1CCC2(Cc3ccc(Br)cc3C2)C(=O)C1. The first-order chi connectivity index (χ1) is 8.63. The van der Waals surface area contributed by atoms with Crippen LogP contribution in [0, 0.1) is 5.41 Å². The van der Waals surface area contributed by atoms with Gasteiger partial charge in [0.1, 0.15) is 5.78 Å². The predicted octanol–water partition coefficient (Wildman–Crippen LogP) is 3.30. The molecule has 1 aromatic rings. The third-order valence-electron chi connectivity index (χ3n) is 4.51. The molecule has 1 saturated carbocycles. The lowest BCUT2D eigenvalue weighted by atomic mass is 9.70. The van der Waals surface area contributed by atoms with Crippen molar-refractivity contribution in [3.63, 3.8) is 0 Å². The summed E-state index contributed by atoms with van der Waals surface area (Å²) in [4.78, 5) is 12.4. The molecule has 2 atom stereocenters. The lowest BCUT2D eigenvalue weighted by molar-refractivity contribution is -0.135. The zero-order valence-corrected chi connectivity index (χ0v) is 12.1. The molecular weight excluding hydrogens is 292 g/mol. The van der Waals surface area contributed by atoms with Gasteiger partial charge in [-0.2, -0.15) is 0 Å². The number of hydrogen-bond acceptors (Lipinski definition) is 2. The van der Waals surface area contributed by atoms with E-state index in [1.165, 1.54) is 11.1 Å². The number of halogens is 1. The van der Waals surface area contributed by atoms with Gasteiger partial charge in [-0.25, -0.2) is 0 Å². The maximum Gasteiger partial charge on any atom is 0.142 e. The average Bonchev–Trinajstić information content (AvgIpc) is 2.71. The number of ketones is 1. The van der Waals surface area contributed by atoms with Gasteiger partial charge in [0.15, 0.2) is 0 Å². The highest BCUT2D eigenvalue weighted by molar-refractivity contribution is 9.10. The van der Waals surface area contributed by atoms with Crippen molar-refractivity contribution in [3.05, 3.63) is 33.8 Å². The smallest absolute Gasteiger partial charge is 0.142 e. The first kappa shape index (κ1) is 12.4. The minimum atomic E-state index is -0.127. The molecular formula is C15H17BrO2. The van der Waals surface area contributed by atoms with E-state index < -0.39 is 0 Å². The van der Waals surface area contributed by atoms with Gasteiger partial charge in [-0.1, -0.05) is 22.0 Å². The van der Waals surface area contributed by atoms with Crippen LogP contribution in [0.5, 0.6) is 0 Å². The molecule has 2 aliphatic rings. The molecule has 96 valence electrons. The van der Waals surface area contributed by atoms with E-state index in [2.05, 4.69) is 34.1 Å². The number of carbonyl (C=O) groups excluding carboxylic acids is 1. The number of fused-ring (bicyclic) bond motifs is 1. The van der Waals surface area contributed by atoms with Crippen molar-refractivity contribution in [1.29, 1.82) is 0 Å². The standard InChI is InChI=1S/C15H17BrO2/c1-18-13-4-5-15(14(17)7-13)8-10-2-3-12(16)6-11(10)9-15/h2-3,6,13H,4-5,7-9H2,1H3. The molecule has 2 nitrogen and oxygen atoms in total. The molecule has 1 spiro atoms. The van der Waals surface area contributed by atoms with Gasteiger partial charge < -0.3 is 4.74 Å². The first-order valence-electron chi connectivity index (χ1n) is 6.46. The topological polar surface area (TPSA) is 26.3 Å². The maximum atomic E-state index is 12.4. The van der Waals surface area contributed by atoms with E-state index in [1.807, 2.05) is 0 Å². The van der Waals surface area contributed by atoms with Gasteiger partial charge in [-0.05, 0) is 48.9 Å². The van der Waals surface area contributed by atoms with Crippen molar-refractivity contribution in [2.75, 3.05) is 7.11 Å². The molecule has 0 radical (unpaired) electrons. The minimum absolute atomic E-state index is 0.127. The molecule has 0 heterocycles. The van der Waals surface area contributed by atoms with Crippen LogP contribution >= 0.6 is 15.9 Å². The zero-order valence-electron chi connectivity index (χ0n) is 10.5. The summed E-state index contributed by atoms with van der Waals surface area (Å²) in [5, 5.41) is 0. The number of methoxy groups -OCH3 is 1. The second kappa shape index (κ2) is 4.46. The Balaban J connectivity index is 1.86. The van der Waals surface area contributed by atoms with E-state index >= 15 is 0 Å². The summed E-state index contributed by atoms with van der Waals surface area (Å²) in [6.45, 7) is 0. The molecule has 3 heteroatoms. The Morgan fingerprint density at radius 2 is 2.11 bits per heavy atom. The number of Topliss-reactive ketones (excluding diaryl/α,β-unsaturated/α-hetero) is 1. The van der Waals surface area contributed by atoms with Crippen molar-refractivity contribution in [1.82, 2.24) is 0 Å². The van der Waals surface area contributed by atoms with Gasteiger partial charge in [0.05, 0.1) is 6.10 Å². The van der Waals surface area contributed by atoms with E-state index in [-0.39, 0.29) is 11.5 Å². The highest BCUT2D eigenvalue weighted by Gasteiger charge is 2.46. The molecule has 1 fully saturated rings. The molecule has 18 heavy (non-hydrogen) atoms. The number of carbonyl (C=O) groups is 1. The number of benzene rings is 1. The molecule has 0 amide bonds. The quantitative estimate of drug-likeness (QED) is 0.795. The van der Waals surface area contributed by atoms with Gasteiger partial charge in [0, 0.05) is 23.4 Å². The molecule has 2 aliphatic carbocycles. The Morgan fingerprint density at radius 3 is 2.83 bits per heavy atom. The van der Waals surface area contributed by atoms with E-state index in [1.54, 1.807) is 7.11 Å². The maximum absolute atomic E-state index is 12.4. The van der Waals surface area contributed by atoms with Crippen LogP contribution in [0.4, 0.5) is 0 Å². The van der Waals surface area contributed by atoms with Crippen molar-refractivity contribution in [2.45, 2.75) is 38.2 Å². The summed E-state index contributed by atoms with van der Waals surface area (Å²) in [5.41, 5.74) is 2.56. The van der Waals surface area contributed by atoms with E-state index in [0.29, 0.717) is 12.2 Å². The summed E-state index contributed by atoms with van der Waals surface area (Å²) in [5.74, 6) is 0.396. The average molecular weight is 309 g/mol. The summed E-state index contributed by atoms with van der Waals surface area (Å²) in [6.07, 6.45) is 4.54. The lowest BCUT2D eigenvalue weighted by Crippen LogP contribution is -2.40. The predicted molar refractivity (Wildman–Crippen MR) is 73.6 cm³/mol.